The fourth-order valence-corrected chi connectivity index (χ4v) is 4.61. The molecule has 0 radical (unpaired) electrons. The minimum atomic E-state index is -4.59. The summed E-state index contributed by atoms with van der Waals surface area (Å²) in [5.41, 5.74) is 5.96. The third-order valence-corrected chi connectivity index (χ3v) is 6.33. The van der Waals surface area contributed by atoms with Gasteiger partial charge in [0, 0.05) is 6.42 Å². The van der Waals surface area contributed by atoms with E-state index in [9.17, 15) is 18.0 Å². The summed E-state index contributed by atoms with van der Waals surface area (Å²) in [6.07, 6.45) is -2.44. The van der Waals surface area contributed by atoms with E-state index in [0.717, 1.165) is 53.2 Å². The molecule has 0 spiro atoms. The lowest BCUT2D eigenvalue weighted by Gasteiger charge is -2.17. The standard InChI is InChI=1S/C29H27F3O3/c1-19-10-14-25(26(16-19)20-6-3-2-4-7-20)24-9-5-8-22(24)18-35-23-13-11-21(12-15-28(33)34)27(17-23)29(30,31)32/h2-4,6-7,10-11,13-14,16-17H,5,8-9,12,15,18H2,1H3,(H,33,34). The van der Waals surface area contributed by atoms with Gasteiger partial charge in [-0.25, -0.2) is 0 Å². The van der Waals surface area contributed by atoms with Crippen molar-refractivity contribution < 1.29 is 27.8 Å². The third kappa shape index (κ3) is 5.94. The quantitative estimate of drug-likeness (QED) is 0.359. The first-order chi connectivity index (χ1) is 16.7. The highest BCUT2D eigenvalue weighted by Gasteiger charge is 2.34. The highest BCUT2D eigenvalue weighted by molar-refractivity contribution is 5.84. The number of ether oxygens (including phenoxy) is 1. The molecule has 4 rings (SSSR count). The molecule has 0 aliphatic heterocycles. The van der Waals surface area contributed by atoms with Crippen LogP contribution in [0.15, 0.2) is 72.3 Å². The summed E-state index contributed by atoms with van der Waals surface area (Å²) >= 11 is 0. The van der Waals surface area contributed by atoms with E-state index in [4.69, 9.17) is 9.84 Å². The Kier molecular flexibility index (Phi) is 7.29. The molecule has 182 valence electrons. The molecule has 0 unspecified atom stereocenters. The minimum absolute atomic E-state index is 0.0415. The molecule has 35 heavy (non-hydrogen) atoms. The lowest BCUT2D eigenvalue weighted by Crippen LogP contribution is -2.11. The summed E-state index contributed by atoms with van der Waals surface area (Å²) < 4.78 is 46.7. The summed E-state index contributed by atoms with van der Waals surface area (Å²) in [4.78, 5) is 10.8. The summed E-state index contributed by atoms with van der Waals surface area (Å²) in [6, 6.07) is 20.3. The maximum Gasteiger partial charge on any atom is 0.416 e. The molecule has 0 heterocycles. The van der Waals surface area contributed by atoms with Gasteiger partial charge in [0.15, 0.2) is 0 Å². The van der Waals surface area contributed by atoms with Gasteiger partial charge in [-0.2, -0.15) is 13.2 Å². The van der Waals surface area contributed by atoms with Crippen LogP contribution in [0.5, 0.6) is 5.75 Å². The molecule has 0 atom stereocenters. The molecule has 3 aromatic carbocycles. The molecule has 1 N–H and O–H groups in total. The summed E-state index contributed by atoms with van der Waals surface area (Å²) in [6.45, 7) is 2.27. The first-order valence-corrected chi connectivity index (χ1v) is 11.6. The van der Waals surface area contributed by atoms with E-state index >= 15 is 0 Å². The van der Waals surface area contributed by atoms with Gasteiger partial charge in [0.2, 0.25) is 0 Å². The van der Waals surface area contributed by atoms with Crippen LogP contribution in [0, 0.1) is 6.92 Å². The fraction of sp³-hybridized carbons (Fsp3) is 0.276. The predicted molar refractivity (Wildman–Crippen MR) is 130 cm³/mol. The minimum Gasteiger partial charge on any atom is -0.489 e. The lowest BCUT2D eigenvalue weighted by atomic mass is 9.91. The van der Waals surface area contributed by atoms with Gasteiger partial charge in [-0.1, -0.05) is 60.2 Å². The summed E-state index contributed by atoms with van der Waals surface area (Å²) in [7, 11) is 0. The molecule has 0 fully saturated rings. The Labute approximate surface area is 202 Å². The zero-order valence-corrected chi connectivity index (χ0v) is 19.5. The lowest BCUT2D eigenvalue weighted by molar-refractivity contribution is -0.140. The first kappa shape index (κ1) is 24.6. The van der Waals surface area contributed by atoms with E-state index in [1.165, 1.54) is 17.7 Å². The molecule has 1 aliphatic rings. The molecule has 0 amide bonds. The monoisotopic (exact) mass is 480 g/mol. The number of aryl methyl sites for hydroxylation is 2. The molecule has 3 nitrogen and oxygen atoms in total. The van der Waals surface area contributed by atoms with E-state index in [-0.39, 0.29) is 30.8 Å². The molecular weight excluding hydrogens is 453 g/mol. The molecule has 0 saturated heterocycles. The van der Waals surface area contributed by atoms with Crippen molar-refractivity contribution in [3.8, 4) is 16.9 Å². The largest absolute Gasteiger partial charge is 0.489 e. The van der Waals surface area contributed by atoms with Crippen LogP contribution < -0.4 is 4.74 Å². The third-order valence-electron chi connectivity index (χ3n) is 6.33. The second-order valence-electron chi connectivity index (χ2n) is 8.85. The maximum atomic E-state index is 13.6. The van der Waals surface area contributed by atoms with Gasteiger partial charge in [0.05, 0.1) is 5.56 Å². The average Bonchev–Trinajstić information content (AvgIpc) is 3.30. The second-order valence-corrected chi connectivity index (χ2v) is 8.85. The van der Waals surface area contributed by atoms with E-state index in [1.807, 2.05) is 18.2 Å². The van der Waals surface area contributed by atoms with Crippen molar-refractivity contribution in [2.24, 2.45) is 0 Å². The van der Waals surface area contributed by atoms with Gasteiger partial charge < -0.3 is 9.84 Å². The van der Waals surface area contributed by atoms with Crippen LogP contribution in [0.3, 0.4) is 0 Å². The number of alkyl halides is 3. The Balaban J connectivity index is 1.61. The Morgan fingerprint density at radius 2 is 1.74 bits per heavy atom. The van der Waals surface area contributed by atoms with Gasteiger partial charge in [-0.05, 0) is 78.1 Å². The van der Waals surface area contributed by atoms with Gasteiger partial charge in [-0.15, -0.1) is 0 Å². The molecule has 0 bridgehead atoms. The number of hydrogen-bond acceptors (Lipinski definition) is 2. The number of aliphatic carboxylic acids is 1. The van der Waals surface area contributed by atoms with Gasteiger partial charge >= 0.3 is 12.1 Å². The van der Waals surface area contributed by atoms with Gasteiger partial charge in [0.25, 0.3) is 0 Å². The molecule has 1 aliphatic carbocycles. The van der Waals surface area contributed by atoms with Crippen molar-refractivity contribution in [2.75, 3.05) is 6.61 Å². The Morgan fingerprint density at radius 1 is 0.971 bits per heavy atom. The topological polar surface area (TPSA) is 46.5 Å². The Hall–Kier alpha value is -3.54. The van der Waals surface area contributed by atoms with E-state index in [1.54, 1.807) is 0 Å². The number of halogens is 3. The van der Waals surface area contributed by atoms with E-state index in [0.29, 0.717) is 0 Å². The van der Waals surface area contributed by atoms with Crippen molar-refractivity contribution in [1.29, 1.82) is 0 Å². The maximum absolute atomic E-state index is 13.6. The van der Waals surface area contributed by atoms with E-state index in [2.05, 4.69) is 37.3 Å². The van der Waals surface area contributed by atoms with Gasteiger partial charge in [-0.3, -0.25) is 4.79 Å². The molecule has 3 aromatic rings. The van der Waals surface area contributed by atoms with Crippen LogP contribution in [-0.2, 0) is 17.4 Å². The van der Waals surface area contributed by atoms with Crippen LogP contribution in [0.1, 0.15) is 47.9 Å². The highest BCUT2D eigenvalue weighted by atomic mass is 19.4. The molecular formula is C29H27F3O3. The van der Waals surface area contributed by atoms with Crippen LogP contribution in [0.2, 0.25) is 0 Å². The zero-order chi connectivity index (χ0) is 25.0. The molecule has 6 heteroatoms. The number of benzene rings is 3. The first-order valence-electron chi connectivity index (χ1n) is 11.6. The van der Waals surface area contributed by atoms with Crippen molar-refractivity contribution >= 4 is 11.5 Å². The summed E-state index contributed by atoms with van der Waals surface area (Å²) in [5.74, 6) is -1.01. The predicted octanol–water partition coefficient (Wildman–Crippen LogP) is 7.71. The summed E-state index contributed by atoms with van der Waals surface area (Å²) in [5, 5.41) is 8.84. The molecule has 0 aromatic heterocycles. The van der Waals surface area contributed by atoms with Crippen LogP contribution >= 0.6 is 0 Å². The zero-order valence-electron chi connectivity index (χ0n) is 19.5. The number of rotatable bonds is 8. The van der Waals surface area contributed by atoms with Crippen molar-refractivity contribution in [1.82, 2.24) is 0 Å². The Morgan fingerprint density at radius 3 is 2.46 bits per heavy atom. The van der Waals surface area contributed by atoms with E-state index < -0.39 is 17.7 Å². The normalized spacial score (nSPS) is 13.8. The van der Waals surface area contributed by atoms with Crippen molar-refractivity contribution in [3.05, 3.63) is 94.6 Å². The fourth-order valence-electron chi connectivity index (χ4n) is 4.61. The Bertz CT molecular complexity index is 1240. The SMILES string of the molecule is Cc1ccc(C2=C(COc3ccc(CCC(=O)O)c(C(F)(F)F)c3)CCC2)c(-c2ccccc2)c1. The highest BCUT2D eigenvalue weighted by Crippen LogP contribution is 2.40. The van der Waals surface area contributed by atoms with Gasteiger partial charge in [0.1, 0.15) is 12.4 Å². The number of hydrogen-bond donors (Lipinski definition) is 1. The van der Waals surface area contributed by atoms with Crippen LogP contribution in [-0.4, -0.2) is 17.7 Å². The number of carboxylic acid groups (broad SMARTS) is 1. The van der Waals surface area contributed by atoms with Crippen LogP contribution in [0.25, 0.3) is 16.7 Å². The van der Waals surface area contributed by atoms with Crippen LogP contribution in [0.4, 0.5) is 13.2 Å². The number of allylic oxidation sites excluding steroid dienone is 1. The van der Waals surface area contributed by atoms with Crippen molar-refractivity contribution in [2.45, 2.75) is 45.2 Å². The second kappa shape index (κ2) is 10.4. The number of carbonyl (C=O) groups is 1. The average molecular weight is 481 g/mol. The molecule has 0 saturated carbocycles. The van der Waals surface area contributed by atoms with Crippen molar-refractivity contribution in [3.63, 3.8) is 0 Å². The number of carboxylic acids is 1. The smallest absolute Gasteiger partial charge is 0.416 e.